The standard InChI is InChI=1S/C16H15NO3/c18-16(20-14-9-5-2-6-10-14)17-11-15(19-12-17)13-7-3-1-4-8-13/h1-10,15H,11-12H2. The predicted molar refractivity (Wildman–Crippen MR) is 74.3 cm³/mol. The molecule has 1 aliphatic heterocycles. The Morgan fingerprint density at radius 2 is 1.70 bits per heavy atom. The van der Waals surface area contributed by atoms with Crippen LogP contribution in [0.2, 0.25) is 0 Å². The van der Waals surface area contributed by atoms with Crippen LogP contribution in [0.3, 0.4) is 0 Å². The molecule has 1 amide bonds. The molecule has 2 aromatic rings. The first-order valence-electron chi connectivity index (χ1n) is 6.51. The van der Waals surface area contributed by atoms with Crippen LogP contribution in [-0.4, -0.2) is 24.3 Å². The summed E-state index contributed by atoms with van der Waals surface area (Å²) in [6.45, 7) is 0.765. The van der Waals surface area contributed by atoms with E-state index in [1.54, 1.807) is 17.0 Å². The molecule has 4 nitrogen and oxygen atoms in total. The third-order valence-corrected chi connectivity index (χ3v) is 3.20. The van der Waals surface area contributed by atoms with Gasteiger partial charge in [-0.05, 0) is 17.7 Å². The minimum Gasteiger partial charge on any atom is -0.410 e. The summed E-state index contributed by atoms with van der Waals surface area (Å²) in [6, 6.07) is 18.9. The normalized spacial score (nSPS) is 18.0. The second-order valence-corrected chi connectivity index (χ2v) is 4.60. The number of nitrogens with zero attached hydrogens (tertiary/aromatic N) is 1. The molecule has 1 fully saturated rings. The van der Waals surface area contributed by atoms with Crippen LogP contribution in [-0.2, 0) is 4.74 Å². The van der Waals surface area contributed by atoms with E-state index >= 15 is 0 Å². The third kappa shape index (κ3) is 2.81. The zero-order valence-electron chi connectivity index (χ0n) is 10.9. The van der Waals surface area contributed by atoms with Crippen molar-refractivity contribution >= 4 is 6.09 Å². The van der Waals surface area contributed by atoms with Gasteiger partial charge in [-0.1, -0.05) is 48.5 Å². The summed E-state index contributed by atoms with van der Waals surface area (Å²) in [5, 5.41) is 0. The van der Waals surface area contributed by atoms with Gasteiger partial charge in [-0.15, -0.1) is 0 Å². The lowest BCUT2D eigenvalue weighted by molar-refractivity contribution is 0.0872. The highest BCUT2D eigenvalue weighted by atomic mass is 16.6. The van der Waals surface area contributed by atoms with Gasteiger partial charge in [0.25, 0.3) is 0 Å². The molecule has 0 saturated carbocycles. The molecule has 0 spiro atoms. The number of amides is 1. The largest absolute Gasteiger partial charge is 0.417 e. The Morgan fingerprint density at radius 3 is 2.40 bits per heavy atom. The monoisotopic (exact) mass is 269 g/mol. The molecule has 0 aliphatic carbocycles. The minimum absolute atomic E-state index is 0.0838. The summed E-state index contributed by atoms with van der Waals surface area (Å²) >= 11 is 0. The number of carbonyl (C=O) groups is 1. The van der Waals surface area contributed by atoms with E-state index in [-0.39, 0.29) is 18.9 Å². The van der Waals surface area contributed by atoms with Gasteiger partial charge in [0.2, 0.25) is 0 Å². The molecule has 102 valence electrons. The summed E-state index contributed by atoms with van der Waals surface area (Å²) in [7, 11) is 0. The SMILES string of the molecule is O=C(Oc1ccccc1)N1COC(c2ccccc2)C1. The molecule has 1 atom stereocenters. The van der Waals surface area contributed by atoms with Crippen LogP contribution in [0, 0.1) is 0 Å². The van der Waals surface area contributed by atoms with Crippen molar-refractivity contribution in [2.75, 3.05) is 13.3 Å². The van der Waals surface area contributed by atoms with E-state index in [1.165, 1.54) is 0 Å². The molecule has 2 aromatic carbocycles. The van der Waals surface area contributed by atoms with Crippen LogP contribution >= 0.6 is 0 Å². The molecule has 0 bridgehead atoms. The Morgan fingerprint density at radius 1 is 1.05 bits per heavy atom. The number of rotatable bonds is 2. The minimum atomic E-state index is -0.380. The Kier molecular flexibility index (Phi) is 3.65. The van der Waals surface area contributed by atoms with E-state index in [1.807, 2.05) is 48.5 Å². The molecule has 1 aliphatic rings. The average Bonchev–Trinajstić information content (AvgIpc) is 2.99. The van der Waals surface area contributed by atoms with Gasteiger partial charge in [0.05, 0.1) is 6.54 Å². The van der Waals surface area contributed by atoms with Gasteiger partial charge in [-0.3, -0.25) is 4.90 Å². The van der Waals surface area contributed by atoms with Crippen molar-refractivity contribution in [3.05, 3.63) is 66.2 Å². The van der Waals surface area contributed by atoms with Crippen molar-refractivity contribution in [3.63, 3.8) is 0 Å². The van der Waals surface area contributed by atoms with Crippen LogP contribution in [0.4, 0.5) is 4.79 Å². The number of para-hydroxylation sites is 1. The summed E-state index contributed by atoms with van der Waals surface area (Å²) in [5.74, 6) is 0.542. The Balaban J connectivity index is 1.61. The van der Waals surface area contributed by atoms with Gasteiger partial charge >= 0.3 is 6.09 Å². The van der Waals surface area contributed by atoms with Crippen LogP contribution in [0.5, 0.6) is 5.75 Å². The second kappa shape index (κ2) is 5.75. The van der Waals surface area contributed by atoms with E-state index in [0.29, 0.717) is 12.3 Å². The molecular weight excluding hydrogens is 254 g/mol. The van der Waals surface area contributed by atoms with Gasteiger partial charge < -0.3 is 9.47 Å². The molecule has 4 heteroatoms. The van der Waals surface area contributed by atoms with E-state index in [9.17, 15) is 4.79 Å². The smallest absolute Gasteiger partial charge is 0.410 e. The quantitative estimate of drug-likeness (QED) is 0.840. The van der Waals surface area contributed by atoms with Crippen molar-refractivity contribution in [1.29, 1.82) is 0 Å². The number of hydrogen-bond donors (Lipinski definition) is 0. The first kappa shape index (κ1) is 12.7. The third-order valence-electron chi connectivity index (χ3n) is 3.20. The van der Waals surface area contributed by atoms with Gasteiger partial charge in [0.1, 0.15) is 18.6 Å². The Bertz CT molecular complexity index is 571. The molecule has 0 radical (unpaired) electrons. The number of carbonyl (C=O) groups excluding carboxylic acids is 1. The van der Waals surface area contributed by atoms with Gasteiger partial charge in [0, 0.05) is 0 Å². The second-order valence-electron chi connectivity index (χ2n) is 4.60. The van der Waals surface area contributed by atoms with Gasteiger partial charge in [-0.2, -0.15) is 0 Å². The van der Waals surface area contributed by atoms with Gasteiger partial charge in [-0.25, -0.2) is 4.79 Å². The topological polar surface area (TPSA) is 38.8 Å². The Labute approximate surface area is 117 Å². The number of benzene rings is 2. The summed E-state index contributed by atoms with van der Waals surface area (Å²) in [5.41, 5.74) is 1.07. The van der Waals surface area contributed by atoms with Crippen molar-refractivity contribution < 1.29 is 14.3 Å². The van der Waals surface area contributed by atoms with E-state index in [4.69, 9.17) is 9.47 Å². The lowest BCUT2D eigenvalue weighted by Gasteiger charge is -2.14. The molecule has 1 saturated heterocycles. The number of ether oxygens (including phenoxy) is 2. The van der Waals surface area contributed by atoms with Crippen LogP contribution in [0.25, 0.3) is 0 Å². The molecule has 20 heavy (non-hydrogen) atoms. The van der Waals surface area contributed by atoms with Gasteiger partial charge in [0.15, 0.2) is 0 Å². The summed E-state index contributed by atoms with van der Waals surface area (Å²) in [4.78, 5) is 13.6. The Hall–Kier alpha value is -2.33. The van der Waals surface area contributed by atoms with Crippen molar-refractivity contribution in [1.82, 2.24) is 4.90 Å². The van der Waals surface area contributed by atoms with E-state index < -0.39 is 0 Å². The first-order chi connectivity index (χ1) is 9.83. The van der Waals surface area contributed by atoms with Crippen LogP contribution in [0.1, 0.15) is 11.7 Å². The molecule has 0 aromatic heterocycles. The molecule has 1 unspecified atom stereocenters. The maximum absolute atomic E-state index is 12.0. The number of hydrogen-bond acceptors (Lipinski definition) is 3. The van der Waals surface area contributed by atoms with Crippen LogP contribution in [0.15, 0.2) is 60.7 Å². The molecule has 1 heterocycles. The molecular formula is C16H15NO3. The molecule has 3 rings (SSSR count). The zero-order valence-corrected chi connectivity index (χ0v) is 10.9. The van der Waals surface area contributed by atoms with Crippen molar-refractivity contribution in [3.8, 4) is 5.75 Å². The van der Waals surface area contributed by atoms with Crippen molar-refractivity contribution in [2.45, 2.75) is 6.10 Å². The lowest BCUT2D eigenvalue weighted by Crippen LogP contribution is -2.31. The maximum Gasteiger partial charge on any atom is 0.417 e. The average molecular weight is 269 g/mol. The summed E-state index contributed by atoms with van der Waals surface area (Å²) < 4.78 is 10.9. The fourth-order valence-corrected chi connectivity index (χ4v) is 2.14. The van der Waals surface area contributed by atoms with E-state index in [0.717, 1.165) is 5.56 Å². The molecule has 0 N–H and O–H groups in total. The maximum atomic E-state index is 12.0. The highest BCUT2D eigenvalue weighted by molar-refractivity contribution is 5.70. The lowest BCUT2D eigenvalue weighted by atomic mass is 10.1. The fraction of sp³-hybridized carbons (Fsp3) is 0.188. The fourth-order valence-electron chi connectivity index (χ4n) is 2.14. The van der Waals surface area contributed by atoms with Crippen molar-refractivity contribution in [2.24, 2.45) is 0 Å². The first-order valence-corrected chi connectivity index (χ1v) is 6.51. The highest BCUT2D eigenvalue weighted by Crippen LogP contribution is 2.25. The predicted octanol–water partition coefficient (Wildman–Crippen LogP) is 3.22. The van der Waals surface area contributed by atoms with E-state index in [2.05, 4.69) is 0 Å². The van der Waals surface area contributed by atoms with Crippen LogP contribution < -0.4 is 4.74 Å². The highest BCUT2D eigenvalue weighted by Gasteiger charge is 2.29. The summed E-state index contributed by atoms with van der Waals surface area (Å²) in [6.07, 6.45) is -0.464. The zero-order chi connectivity index (χ0) is 13.8.